The number of aromatic nitrogens is 4. The molecule has 0 N–H and O–H groups in total. The highest BCUT2D eigenvalue weighted by molar-refractivity contribution is 5.94. The Hall–Kier alpha value is -3.93. The molecule has 0 radical (unpaired) electrons. The molecule has 3 aromatic carbocycles. The van der Waals surface area contributed by atoms with Crippen molar-refractivity contribution in [2.45, 2.75) is 6.92 Å². The van der Waals surface area contributed by atoms with E-state index in [2.05, 4.69) is 76.6 Å². The minimum absolute atomic E-state index is 0.584. The van der Waals surface area contributed by atoms with Crippen LogP contribution in [0, 0.1) is 6.92 Å². The standard InChI is InChI=1S/C24H21N5O/c1-16-7-12-21-22(13-16)29-15-25-27-24(29)26-23(21)28(2)19-6-4-5-18(14-19)17-8-10-20(30-3)11-9-17/h4-15H,1-3H3. The number of fused-ring (bicyclic) bond motifs is 3. The number of hydrogen-bond acceptors (Lipinski definition) is 5. The maximum atomic E-state index is 5.27. The predicted molar refractivity (Wildman–Crippen MR) is 120 cm³/mol. The van der Waals surface area contributed by atoms with Crippen LogP contribution in [-0.2, 0) is 0 Å². The molecule has 0 spiro atoms. The van der Waals surface area contributed by atoms with Gasteiger partial charge in [-0.1, -0.05) is 30.3 Å². The van der Waals surface area contributed by atoms with E-state index in [1.54, 1.807) is 13.4 Å². The summed E-state index contributed by atoms with van der Waals surface area (Å²) in [6.07, 6.45) is 1.71. The highest BCUT2D eigenvalue weighted by atomic mass is 16.5. The summed E-state index contributed by atoms with van der Waals surface area (Å²) in [6.45, 7) is 2.08. The molecule has 0 fully saturated rings. The number of aryl methyl sites for hydroxylation is 1. The molecule has 30 heavy (non-hydrogen) atoms. The van der Waals surface area contributed by atoms with Crippen molar-refractivity contribution in [1.29, 1.82) is 0 Å². The highest BCUT2D eigenvalue weighted by Gasteiger charge is 2.15. The SMILES string of the molecule is COc1ccc(-c2cccc(N(C)c3nc4nncn4c4cc(C)ccc34)c2)cc1. The zero-order valence-corrected chi connectivity index (χ0v) is 17.1. The van der Waals surface area contributed by atoms with Gasteiger partial charge in [0, 0.05) is 18.1 Å². The summed E-state index contributed by atoms with van der Waals surface area (Å²) < 4.78 is 7.20. The molecule has 2 heterocycles. The van der Waals surface area contributed by atoms with Crippen LogP contribution in [0.2, 0.25) is 0 Å². The third-order valence-corrected chi connectivity index (χ3v) is 5.36. The quantitative estimate of drug-likeness (QED) is 0.427. The second kappa shape index (κ2) is 7.15. The first-order valence-electron chi connectivity index (χ1n) is 9.72. The van der Waals surface area contributed by atoms with E-state index in [1.165, 1.54) is 5.56 Å². The minimum Gasteiger partial charge on any atom is -0.497 e. The van der Waals surface area contributed by atoms with Gasteiger partial charge in [-0.05, 0) is 60.0 Å². The van der Waals surface area contributed by atoms with E-state index in [0.717, 1.165) is 39.3 Å². The van der Waals surface area contributed by atoms with Crippen molar-refractivity contribution in [3.63, 3.8) is 0 Å². The van der Waals surface area contributed by atoms with Crippen molar-refractivity contribution in [3.05, 3.63) is 78.6 Å². The normalized spacial score (nSPS) is 11.2. The lowest BCUT2D eigenvalue weighted by Crippen LogP contribution is -2.13. The summed E-state index contributed by atoms with van der Waals surface area (Å²) in [4.78, 5) is 6.89. The molecular weight excluding hydrogens is 374 g/mol. The first kappa shape index (κ1) is 18.1. The third kappa shape index (κ3) is 3.03. The van der Waals surface area contributed by atoms with E-state index in [-0.39, 0.29) is 0 Å². The van der Waals surface area contributed by atoms with Crippen molar-refractivity contribution in [1.82, 2.24) is 19.6 Å². The average Bonchev–Trinajstić information content (AvgIpc) is 3.27. The van der Waals surface area contributed by atoms with Crippen LogP contribution in [0.25, 0.3) is 27.8 Å². The zero-order chi connectivity index (χ0) is 20.7. The number of ether oxygens (including phenoxy) is 1. The number of rotatable bonds is 4. The summed E-state index contributed by atoms with van der Waals surface area (Å²) in [5.41, 5.74) is 5.52. The molecule has 6 nitrogen and oxygen atoms in total. The Morgan fingerprint density at radius 3 is 2.57 bits per heavy atom. The van der Waals surface area contributed by atoms with E-state index < -0.39 is 0 Å². The van der Waals surface area contributed by atoms with E-state index in [4.69, 9.17) is 9.72 Å². The minimum atomic E-state index is 0.584. The lowest BCUT2D eigenvalue weighted by Gasteiger charge is -2.21. The molecule has 0 saturated heterocycles. The Labute approximate surface area is 174 Å². The summed E-state index contributed by atoms with van der Waals surface area (Å²) in [5, 5.41) is 9.27. The van der Waals surface area contributed by atoms with Gasteiger partial charge in [-0.2, -0.15) is 4.98 Å². The molecule has 0 aliphatic rings. The van der Waals surface area contributed by atoms with E-state index >= 15 is 0 Å². The molecule has 0 unspecified atom stereocenters. The van der Waals surface area contributed by atoms with Gasteiger partial charge in [0.1, 0.15) is 17.9 Å². The Kier molecular flexibility index (Phi) is 4.32. The van der Waals surface area contributed by atoms with Crippen LogP contribution in [0.1, 0.15) is 5.56 Å². The molecule has 148 valence electrons. The Morgan fingerprint density at radius 1 is 0.933 bits per heavy atom. The lowest BCUT2D eigenvalue weighted by molar-refractivity contribution is 0.415. The maximum Gasteiger partial charge on any atom is 0.257 e. The maximum absolute atomic E-state index is 5.27. The number of hydrogen-bond donors (Lipinski definition) is 0. The summed E-state index contributed by atoms with van der Waals surface area (Å²) in [6, 6.07) is 22.8. The largest absolute Gasteiger partial charge is 0.497 e. The molecule has 0 amide bonds. The van der Waals surface area contributed by atoms with Crippen molar-refractivity contribution in [3.8, 4) is 16.9 Å². The van der Waals surface area contributed by atoms with Crippen LogP contribution in [0.15, 0.2) is 73.1 Å². The molecule has 5 rings (SSSR count). The smallest absolute Gasteiger partial charge is 0.257 e. The Morgan fingerprint density at radius 2 is 1.77 bits per heavy atom. The van der Waals surface area contributed by atoms with Gasteiger partial charge in [-0.25, -0.2) is 0 Å². The fraction of sp³-hybridized carbons (Fsp3) is 0.125. The predicted octanol–water partition coefficient (Wildman–Crippen LogP) is 5.03. The topological polar surface area (TPSA) is 55.5 Å². The van der Waals surface area contributed by atoms with Gasteiger partial charge in [0.25, 0.3) is 5.78 Å². The van der Waals surface area contributed by atoms with E-state index in [9.17, 15) is 0 Å². The highest BCUT2D eigenvalue weighted by Crippen LogP contribution is 2.33. The van der Waals surface area contributed by atoms with Crippen molar-refractivity contribution < 1.29 is 4.74 Å². The second-order valence-corrected chi connectivity index (χ2v) is 7.29. The molecule has 5 aromatic rings. The molecule has 0 bridgehead atoms. The van der Waals surface area contributed by atoms with Crippen molar-refractivity contribution in [2.24, 2.45) is 0 Å². The van der Waals surface area contributed by atoms with Crippen LogP contribution in [0.4, 0.5) is 11.5 Å². The number of nitrogens with zero attached hydrogens (tertiary/aromatic N) is 5. The van der Waals surface area contributed by atoms with E-state index in [0.29, 0.717) is 5.78 Å². The van der Waals surface area contributed by atoms with Gasteiger partial charge in [-0.3, -0.25) is 4.40 Å². The Bertz CT molecular complexity index is 1360. The first-order valence-corrected chi connectivity index (χ1v) is 9.72. The van der Waals surface area contributed by atoms with Crippen LogP contribution in [0.5, 0.6) is 5.75 Å². The zero-order valence-electron chi connectivity index (χ0n) is 17.1. The molecule has 0 aliphatic heterocycles. The summed E-state index contributed by atoms with van der Waals surface area (Å²) in [7, 11) is 3.71. The van der Waals surface area contributed by atoms with Gasteiger partial charge in [0.15, 0.2) is 0 Å². The van der Waals surface area contributed by atoms with Crippen LogP contribution in [0.3, 0.4) is 0 Å². The number of methoxy groups -OCH3 is 1. The number of anilines is 2. The van der Waals surface area contributed by atoms with Crippen LogP contribution >= 0.6 is 0 Å². The average molecular weight is 395 g/mol. The van der Waals surface area contributed by atoms with Gasteiger partial charge in [0.05, 0.1) is 12.6 Å². The van der Waals surface area contributed by atoms with Gasteiger partial charge in [-0.15, -0.1) is 10.2 Å². The second-order valence-electron chi connectivity index (χ2n) is 7.29. The molecule has 0 saturated carbocycles. The summed E-state index contributed by atoms with van der Waals surface area (Å²) >= 11 is 0. The first-order chi connectivity index (χ1) is 14.6. The molecule has 0 atom stereocenters. The van der Waals surface area contributed by atoms with Gasteiger partial charge >= 0.3 is 0 Å². The van der Waals surface area contributed by atoms with Crippen molar-refractivity contribution >= 4 is 28.2 Å². The Balaban J connectivity index is 1.62. The summed E-state index contributed by atoms with van der Waals surface area (Å²) in [5.74, 6) is 2.28. The van der Waals surface area contributed by atoms with Gasteiger partial charge in [0.2, 0.25) is 0 Å². The number of benzene rings is 3. The van der Waals surface area contributed by atoms with E-state index in [1.807, 2.05) is 23.6 Å². The molecular formula is C24H21N5O. The van der Waals surface area contributed by atoms with Crippen LogP contribution < -0.4 is 9.64 Å². The molecule has 6 heteroatoms. The molecule has 2 aromatic heterocycles. The monoisotopic (exact) mass is 395 g/mol. The molecule has 0 aliphatic carbocycles. The fourth-order valence-electron chi connectivity index (χ4n) is 3.72. The van der Waals surface area contributed by atoms with Gasteiger partial charge < -0.3 is 9.64 Å². The third-order valence-electron chi connectivity index (χ3n) is 5.36. The lowest BCUT2D eigenvalue weighted by atomic mass is 10.0. The fourth-order valence-corrected chi connectivity index (χ4v) is 3.72. The van der Waals surface area contributed by atoms with Crippen molar-refractivity contribution in [2.75, 3.05) is 19.1 Å². The van der Waals surface area contributed by atoms with Crippen LogP contribution in [-0.4, -0.2) is 33.7 Å².